The van der Waals surface area contributed by atoms with Crippen LogP contribution in [0.1, 0.15) is 95.6 Å². The number of esters is 1. The molecular weight excluding hydrogens is 446 g/mol. The minimum Gasteiger partial charge on any atom is -0.455 e. The maximum Gasteiger partial charge on any atom is 0.309 e. The van der Waals surface area contributed by atoms with Gasteiger partial charge in [0.2, 0.25) is 6.29 Å². The Kier molecular flexibility index (Phi) is 14.3. The number of hydrogen-bond acceptors (Lipinski definition) is 3. The van der Waals surface area contributed by atoms with Crippen LogP contribution in [0.25, 0.3) is 0 Å². The lowest BCUT2D eigenvalue weighted by molar-refractivity contribution is -0.903. The number of unbranched alkanes of at least 4 members (excludes halogenated alkanes) is 6. The second kappa shape index (κ2) is 17.2. The van der Waals surface area contributed by atoms with Crippen molar-refractivity contribution >= 4 is 5.97 Å². The van der Waals surface area contributed by atoms with Crippen LogP contribution in [0.4, 0.5) is 0 Å². The number of carbonyl (C=O) groups is 1. The summed E-state index contributed by atoms with van der Waals surface area (Å²) in [6.07, 6.45) is 12.5. The zero-order valence-corrected chi connectivity index (χ0v) is 23.3. The molecule has 0 aliphatic carbocycles. The van der Waals surface area contributed by atoms with Crippen LogP contribution in [0, 0.1) is 0 Å². The zero-order chi connectivity index (χ0) is 26.1. The van der Waals surface area contributed by atoms with Gasteiger partial charge in [-0.3, -0.25) is 4.79 Å². The number of nitrogens with zero attached hydrogens (tertiary/aromatic N) is 1. The molecule has 200 valence electrons. The van der Waals surface area contributed by atoms with Gasteiger partial charge in [0.25, 0.3) is 0 Å². The van der Waals surface area contributed by atoms with Crippen molar-refractivity contribution in [1.29, 1.82) is 0 Å². The van der Waals surface area contributed by atoms with E-state index in [4.69, 9.17) is 9.47 Å². The first kappa shape index (κ1) is 29.9. The predicted molar refractivity (Wildman–Crippen MR) is 150 cm³/mol. The van der Waals surface area contributed by atoms with Gasteiger partial charge in [-0.05, 0) is 37.0 Å². The Morgan fingerprint density at radius 2 is 1.50 bits per heavy atom. The van der Waals surface area contributed by atoms with Gasteiger partial charge in [0.15, 0.2) is 0 Å². The van der Waals surface area contributed by atoms with Gasteiger partial charge in [-0.1, -0.05) is 94.8 Å². The molecule has 4 heteroatoms. The molecule has 0 radical (unpaired) electrons. The molecule has 0 fully saturated rings. The number of quaternary nitrogens is 1. The van der Waals surface area contributed by atoms with Gasteiger partial charge in [-0.15, -0.1) is 0 Å². The van der Waals surface area contributed by atoms with Crippen molar-refractivity contribution in [2.45, 2.75) is 104 Å². The lowest BCUT2D eigenvalue weighted by atomic mass is 10.0. The predicted octanol–water partition coefficient (Wildman–Crippen LogP) is 8.08. The molecule has 4 nitrogen and oxygen atoms in total. The minimum absolute atomic E-state index is 0.174. The van der Waals surface area contributed by atoms with E-state index in [1.54, 1.807) is 0 Å². The Balaban J connectivity index is 1.74. The molecule has 0 aromatic heterocycles. The Morgan fingerprint density at radius 3 is 2.22 bits per heavy atom. The first-order chi connectivity index (χ1) is 17.4. The summed E-state index contributed by atoms with van der Waals surface area (Å²) >= 11 is 0. The molecule has 2 aromatic rings. The number of rotatable bonds is 19. The van der Waals surface area contributed by atoms with Crippen LogP contribution >= 0.6 is 0 Å². The molecule has 36 heavy (non-hydrogen) atoms. The van der Waals surface area contributed by atoms with Crippen LogP contribution in [-0.2, 0) is 22.5 Å². The van der Waals surface area contributed by atoms with E-state index < -0.39 is 6.29 Å². The lowest BCUT2D eigenvalue weighted by Gasteiger charge is -2.30. The molecule has 2 aromatic carbocycles. The fourth-order valence-corrected chi connectivity index (χ4v) is 4.60. The monoisotopic (exact) mass is 496 g/mol. The summed E-state index contributed by atoms with van der Waals surface area (Å²) in [5, 5.41) is 0. The molecule has 2 rings (SSSR count). The summed E-state index contributed by atoms with van der Waals surface area (Å²) in [5.74, 6) is 0.620. The summed E-state index contributed by atoms with van der Waals surface area (Å²) in [6, 6.07) is 18.8. The van der Waals surface area contributed by atoms with E-state index in [9.17, 15) is 4.79 Å². The number of benzene rings is 2. The summed E-state index contributed by atoms with van der Waals surface area (Å²) in [5.41, 5.74) is 2.61. The summed E-state index contributed by atoms with van der Waals surface area (Å²) < 4.78 is 12.7. The van der Waals surface area contributed by atoms with Crippen molar-refractivity contribution in [2.75, 3.05) is 20.6 Å². The van der Waals surface area contributed by atoms with Gasteiger partial charge >= 0.3 is 5.97 Å². The highest BCUT2D eigenvalue weighted by Crippen LogP contribution is 2.20. The molecule has 0 aliphatic heterocycles. The third-order valence-electron chi connectivity index (χ3n) is 6.62. The third kappa shape index (κ3) is 13.1. The van der Waals surface area contributed by atoms with E-state index in [2.05, 4.69) is 64.3 Å². The van der Waals surface area contributed by atoms with Gasteiger partial charge in [0.1, 0.15) is 12.3 Å². The van der Waals surface area contributed by atoms with E-state index in [0.717, 1.165) is 42.6 Å². The molecule has 0 amide bonds. The van der Waals surface area contributed by atoms with Gasteiger partial charge < -0.3 is 14.0 Å². The summed E-state index contributed by atoms with van der Waals surface area (Å²) in [4.78, 5) is 12.6. The normalized spacial score (nSPS) is 12.3. The lowest BCUT2D eigenvalue weighted by Crippen LogP contribution is -2.39. The molecule has 0 saturated heterocycles. The quantitative estimate of drug-likeness (QED) is 0.0853. The van der Waals surface area contributed by atoms with E-state index in [1.807, 2.05) is 18.2 Å². The molecule has 0 spiro atoms. The Hall–Kier alpha value is -2.33. The van der Waals surface area contributed by atoms with Crippen molar-refractivity contribution in [3.05, 3.63) is 65.7 Å². The molecule has 1 atom stereocenters. The highest BCUT2D eigenvalue weighted by atomic mass is 16.7. The summed E-state index contributed by atoms with van der Waals surface area (Å²) in [7, 11) is 4.42. The van der Waals surface area contributed by atoms with E-state index in [1.165, 1.54) is 56.1 Å². The number of aryl methyl sites for hydroxylation is 1. The molecule has 0 N–H and O–H groups in total. The van der Waals surface area contributed by atoms with Crippen LogP contribution in [0.15, 0.2) is 54.6 Å². The van der Waals surface area contributed by atoms with Crippen molar-refractivity contribution in [2.24, 2.45) is 0 Å². The smallest absolute Gasteiger partial charge is 0.309 e. The molecule has 1 unspecified atom stereocenters. The molecule has 0 bridgehead atoms. The van der Waals surface area contributed by atoms with E-state index >= 15 is 0 Å². The Labute approximate surface area is 220 Å². The van der Waals surface area contributed by atoms with Crippen LogP contribution in [0.3, 0.4) is 0 Å². The maximum absolute atomic E-state index is 12.6. The molecule has 0 heterocycles. The molecule has 0 saturated carbocycles. The topological polar surface area (TPSA) is 35.5 Å². The zero-order valence-electron chi connectivity index (χ0n) is 23.3. The van der Waals surface area contributed by atoms with Crippen LogP contribution in [-0.4, -0.2) is 37.4 Å². The largest absolute Gasteiger partial charge is 0.455 e. The number of ether oxygens (including phenoxy) is 2. The SMILES string of the molecule is CCCCCCCCCc1cccc(OC(CCC)OC(=O)CCC[N+](C)(C)Cc2ccccc2)c1. The third-order valence-corrected chi connectivity index (χ3v) is 6.62. The highest BCUT2D eigenvalue weighted by molar-refractivity contribution is 5.69. The van der Waals surface area contributed by atoms with Crippen LogP contribution in [0.5, 0.6) is 5.75 Å². The van der Waals surface area contributed by atoms with Crippen molar-refractivity contribution in [3.63, 3.8) is 0 Å². The number of hydrogen-bond donors (Lipinski definition) is 0. The van der Waals surface area contributed by atoms with Crippen molar-refractivity contribution < 1.29 is 18.8 Å². The fraction of sp³-hybridized carbons (Fsp3) is 0.594. The standard InChI is InChI=1S/C32H50NO3/c1-5-7-8-9-10-11-13-19-28-22-16-23-30(26-28)35-32(18-6-2)36-31(34)24-17-25-33(3,4)27-29-20-14-12-15-21-29/h12,14-16,20-23,26,32H,5-11,13,17-19,24-25,27H2,1-4H3/q+1. The van der Waals surface area contributed by atoms with Gasteiger partial charge in [0, 0.05) is 18.4 Å². The average molecular weight is 497 g/mol. The maximum atomic E-state index is 12.6. The van der Waals surface area contributed by atoms with E-state index in [-0.39, 0.29) is 5.97 Å². The first-order valence-electron chi connectivity index (χ1n) is 14.2. The second-order valence-electron chi connectivity index (χ2n) is 10.8. The Morgan fingerprint density at radius 1 is 0.806 bits per heavy atom. The number of carbonyl (C=O) groups excluding carboxylic acids is 1. The molecule has 0 aliphatic rings. The highest BCUT2D eigenvalue weighted by Gasteiger charge is 2.19. The first-order valence-corrected chi connectivity index (χ1v) is 14.2. The van der Waals surface area contributed by atoms with E-state index in [0.29, 0.717) is 12.8 Å². The molecular formula is C32H50NO3+. The second-order valence-corrected chi connectivity index (χ2v) is 10.8. The van der Waals surface area contributed by atoms with Gasteiger partial charge in [-0.2, -0.15) is 0 Å². The van der Waals surface area contributed by atoms with Crippen LogP contribution < -0.4 is 4.74 Å². The summed E-state index contributed by atoms with van der Waals surface area (Å²) in [6.45, 7) is 6.22. The minimum atomic E-state index is -0.525. The average Bonchev–Trinajstić information content (AvgIpc) is 2.84. The Bertz CT molecular complexity index is 849. The van der Waals surface area contributed by atoms with Crippen molar-refractivity contribution in [3.8, 4) is 5.75 Å². The van der Waals surface area contributed by atoms with Gasteiger partial charge in [-0.25, -0.2) is 0 Å². The fourth-order valence-electron chi connectivity index (χ4n) is 4.60. The van der Waals surface area contributed by atoms with Crippen LogP contribution in [0.2, 0.25) is 0 Å². The van der Waals surface area contributed by atoms with Crippen molar-refractivity contribution in [1.82, 2.24) is 0 Å². The van der Waals surface area contributed by atoms with Gasteiger partial charge in [0.05, 0.1) is 27.1 Å².